The molecule has 1 aliphatic carbocycles. The number of para-hydroxylation sites is 1. The summed E-state index contributed by atoms with van der Waals surface area (Å²) in [7, 11) is 2.19. The van der Waals surface area contributed by atoms with Crippen LogP contribution in [0.4, 0.5) is 0 Å². The maximum absolute atomic E-state index is 11.8. The van der Waals surface area contributed by atoms with Crippen molar-refractivity contribution in [2.75, 3.05) is 13.1 Å². The number of carbonyl (C=O) groups excluding carboxylic acids is 1. The molecular formula is C22H25N3O3ReRfRhS-2. The molecule has 3 unspecified atom stereocenters. The van der Waals surface area contributed by atoms with Gasteiger partial charge in [0, 0.05) is 76.1 Å². The molecule has 1 saturated carbocycles. The largest absolute Gasteiger partial charge is 0.517 e. The van der Waals surface area contributed by atoms with Crippen LogP contribution in [-0.2, 0) is 62.9 Å². The van der Waals surface area contributed by atoms with Crippen LogP contribution in [0.1, 0.15) is 36.6 Å². The van der Waals surface area contributed by atoms with Crippen LogP contribution in [-0.4, -0.2) is 34.6 Å². The Morgan fingerprint density at radius 3 is 2.88 bits per heavy atom. The Bertz CT molecular complexity index is 962. The van der Waals surface area contributed by atoms with E-state index in [2.05, 4.69) is 51.8 Å². The third-order valence-electron chi connectivity index (χ3n) is 6.98. The van der Waals surface area contributed by atoms with E-state index in [-0.39, 0.29) is 46.0 Å². The molecule has 2 aliphatic heterocycles. The number of carbonyl (C=O) groups is 1. The second-order valence-electron chi connectivity index (χ2n) is 8.40. The van der Waals surface area contributed by atoms with Gasteiger partial charge in [-0.2, -0.15) is 5.92 Å². The second-order valence-corrected chi connectivity index (χ2v) is 9.00. The van der Waals surface area contributed by atoms with Crippen LogP contribution in [0.15, 0.2) is 28.8 Å². The number of fused-ring (bicyclic) bond motifs is 6. The molecule has 2 fully saturated rings. The molecule has 32 heavy (non-hydrogen) atoms. The van der Waals surface area contributed by atoms with Crippen molar-refractivity contribution >= 4 is 28.8 Å². The maximum atomic E-state index is 11.8. The van der Waals surface area contributed by atoms with Gasteiger partial charge in [0.25, 0.3) is 0 Å². The predicted octanol–water partition coefficient (Wildman–Crippen LogP) is 4.19. The summed E-state index contributed by atoms with van der Waals surface area (Å²) in [4.78, 5) is 24.7. The molecule has 6 nitrogen and oxygen atoms in total. The first kappa shape index (κ1) is 26.5. The Morgan fingerprint density at radius 1 is 1.31 bits per heavy atom. The van der Waals surface area contributed by atoms with Gasteiger partial charge in [-0.15, -0.1) is 16.9 Å². The van der Waals surface area contributed by atoms with Crippen molar-refractivity contribution in [1.82, 2.24) is 9.47 Å². The summed E-state index contributed by atoms with van der Waals surface area (Å²) < 4.78 is 10.5. The fourth-order valence-electron chi connectivity index (χ4n) is 5.76. The first-order chi connectivity index (χ1) is 14.2. The standard InChI is InChI=1S/C22H25N3O3S.Re.Rf.Rh/c1-24-19-5-3-2-4-17(19)18-8-9-25-12-14-6-7-16(28-21(26)13-29-23-27)10-15(14)11-20(25)22(18)24;;;/h2-5,10,13-16,20H,6-9,11-12H2,1H3;;;/q-2;;;/t14?,15?,16-,20?;;;/m0.../s1. The molecule has 3 heterocycles. The van der Waals surface area contributed by atoms with E-state index in [9.17, 15) is 9.70 Å². The van der Waals surface area contributed by atoms with Crippen LogP contribution in [0.2, 0.25) is 0 Å². The number of rotatable bonds is 4. The van der Waals surface area contributed by atoms with Crippen molar-refractivity contribution in [2.45, 2.75) is 37.8 Å². The van der Waals surface area contributed by atoms with Crippen molar-refractivity contribution < 1.29 is 49.4 Å². The van der Waals surface area contributed by atoms with Crippen LogP contribution >= 0.6 is 11.9 Å². The molecule has 5 rings (SSSR count). The molecule has 4 atom stereocenters. The average molecular weight is 968 g/mol. The van der Waals surface area contributed by atoms with Crippen molar-refractivity contribution in [2.24, 2.45) is 23.5 Å². The normalized spacial score (nSPS) is 26.2. The van der Waals surface area contributed by atoms with Crippen LogP contribution < -0.4 is 0 Å². The van der Waals surface area contributed by atoms with E-state index in [1.165, 1.54) is 22.2 Å². The van der Waals surface area contributed by atoms with E-state index >= 15 is 0 Å². The zero-order valence-corrected chi connectivity index (χ0v) is 29.5. The van der Waals surface area contributed by atoms with E-state index in [0.29, 0.717) is 29.8 Å². The molecule has 2 radical (unpaired) electrons. The summed E-state index contributed by atoms with van der Waals surface area (Å²) in [6.07, 6.45) is 6.19. The Hall–Kier alpha value is -1.70. The molecule has 1 saturated heterocycles. The number of esters is 1. The summed E-state index contributed by atoms with van der Waals surface area (Å²) in [5.74, 6) is 1.75. The number of benzene rings is 1. The van der Waals surface area contributed by atoms with Gasteiger partial charge in [-0.3, -0.25) is 16.1 Å². The van der Waals surface area contributed by atoms with Gasteiger partial charge in [-0.25, -0.2) is 5.75 Å². The van der Waals surface area contributed by atoms with Gasteiger partial charge < -0.3 is 9.30 Å². The number of aryl methyl sites for hydroxylation is 1. The van der Waals surface area contributed by atoms with E-state index in [1.807, 2.05) is 0 Å². The van der Waals surface area contributed by atoms with Gasteiger partial charge >= 0.3 is 0 Å². The van der Waals surface area contributed by atoms with E-state index < -0.39 is 5.97 Å². The number of nitrogens with zero attached hydrogens (tertiary/aromatic N) is 3. The van der Waals surface area contributed by atoms with Gasteiger partial charge in [-0.05, 0) is 41.7 Å². The molecule has 172 valence electrons. The van der Waals surface area contributed by atoms with Crippen molar-refractivity contribution in [1.29, 1.82) is 0 Å². The van der Waals surface area contributed by atoms with Crippen LogP contribution in [0, 0.1) is 28.9 Å². The summed E-state index contributed by atoms with van der Waals surface area (Å²) in [6.45, 7) is 2.24. The third-order valence-corrected chi connectivity index (χ3v) is 7.36. The fraction of sp³-hybridized carbons (Fsp3) is 0.500. The maximum Gasteiger partial charge on any atom is 0.175 e. The Labute approximate surface area is 213 Å². The molecule has 1 aromatic carbocycles. The average Bonchev–Trinajstić information content (AvgIpc) is 3.03. The first-order valence-corrected chi connectivity index (χ1v) is 11.2. The van der Waals surface area contributed by atoms with Gasteiger partial charge in [0.15, 0.2) is 5.97 Å². The van der Waals surface area contributed by atoms with Gasteiger partial charge in [0.1, 0.15) is 0 Å². The molecule has 0 bridgehead atoms. The number of aromatic nitrogens is 1. The Morgan fingerprint density at radius 2 is 2.09 bits per heavy atom. The van der Waals surface area contributed by atoms with E-state index in [0.717, 1.165) is 44.5 Å². The third kappa shape index (κ3) is 4.66. The molecule has 2 aromatic rings. The monoisotopic (exact) mass is 968 g/mol. The smallest absolute Gasteiger partial charge is 0.175 e. The molecular weight excluding hydrogens is 942 g/mol. The number of hydrogen-bond acceptors (Lipinski definition) is 6. The summed E-state index contributed by atoms with van der Waals surface area (Å²) in [5, 5.41) is 1.39. The minimum absolute atomic E-state index is 0. The Kier molecular flexibility index (Phi) is 9.08. The van der Waals surface area contributed by atoms with Crippen molar-refractivity contribution in [3.63, 3.8) is 0 Å². The van der Waals surface area contributed by atoms with E-state index in [1.54, 1.807) is 0 Å². The quantitative estimate of drug-likeness (QED) is 0.152. The number of hydrogen-bond donors (Lipinski definition) is 0. The Balaban J connectivity index is 0.00000121. The van der Waals surface area contributed by atoms with Gasteiger partial charge in [-0.1, -0.05) is 37.0 Å². The molecule has 3 aliphatic rings. The van der Waals surface area contributed by atoms with Crippen molar-refractivity contribution in [3.8, 4) is 0 Å². The number of nitroso groups, excluding NO2 is 1. The molecule has 0 amide bonds. The first-order valence-electron chi connectivity index (χ1n) is 10.3. The van der Waals surface area contributed by atoms with Gasteiger partial charge in [0.05, 0.1) is 0 Å². The SMILES string of the molecule is Cn1c2c(c3ccccc31)CCN1CC3CC[C@H](OC(=O)[CH-]SN=O)[CH-]C3CC21.[Re].[Rf].[Rh]. The molecule has 0 spiro atoms. The summed E-state index contributed by atoms with van der Waals surface area (Å²) in [6, 6.07) is 9.14. The summed E-state index contributed by atoms with van der Waals surface area (Å²) >= 11 is 0.585. The van der Waals surface area contributed by atoms with Crippen LogP contribution in [0.3, 0.4) is 0 Å². The fourth-order valence-corrected chi connectivity index (χ4v) is 5.94. The minimum Gasteiger partial charge on any atom is -0.517 e. The number of piperidine rings is 1. The molecule has 10 heteroatoms. The molecule has 0 N–H and O–H groups in total. The van der Waals surface area contributed by atoms with E-state index in [4.69, 9.17) is 4.74 Å². The summed E-state index contributed by atoms with van der Waals surface area (Å²) in [5.41, 5.74) is 4.29. The second kappa shape index (κ2) is 10.9. The topological polar surface area (TPSA) is 63.9 Å². The van der Waals surface area contributed by atoms with Crippen LogP contribution in [0.5, 0.6) is 0 Å². The molecule has 1 aromatic heterocycles. The zero-order valence-electron chi connectivity index (χ0n) is 17.9. The zero-order chi connectivity index (χ0) is 20.0. The van der Waals surface area contributed by atoms with Gasteiger partial charge in [0.2, 0.25) is 0 Å². The van der Waals surface area contributed by atoms with Crippen molar-refractivity contribution in [3.05, 3.63) is 52.6 Å². The predicted molar refractivity (Wildman–Crippen MR) is 114 cm³/mol. The van der Waals surface area contributed by atoms with Crippen LogP contribution in [0.25, 0.3) is 10.9 Å². The number of ether oxygens (including phenoxy) is 1. The minimum atomic E-state index is -0.472.